The van der Waals surface area contributed by atoms with Gasteiger partial charge in [0.25, 0.3) is 5.91 Å². The van der Waals surface area contributed by atoms with Crippen molar-refractivity contribution in [3.8, 4) is 5.69 Å². The molecular formula is C21H22N6O. The van der Waals surface area contributed by atoms with Crippen molar-refractivity contribution in [2.45, 2.75) is 34.2 Å². The van der Waals surface area contributed by atoms with E-state index < -0.39 is 0 Å². The van der Waals surface area contributed by atoms with Gasteiger partial charge in [0.2, 0.25) is 0 Å². The molecule has 4 aromatic rings. The highest BCUT2D eigenvalue weighted by molar-refractivity contribution is 5.99. The second-order valence-corrected chi connectivity index (χ2v) is 6.91. The van der Waals surface area contributed by atoms with Gasteiger partial charge in [-0.2, -0.15) is 10.2 Å². The summed E-state index contributed by atoms with van der Waals surface area (Å²) in [5.74, 6) is -0.196. The Kier molecular flexibility index (Phi) is 4.43. The maximum absolute atomic E-state index is 12.8. The number of hydrogen-bond donors (Lipinski definition) is 1. The first-order chi connectivity index (χ1) is 13.5. The molecule has 7 heteroatoms. The second kappa shape index (κ2) is 6.92. The van der Waals surface area contributed by atoms with Crippen LogP contribution < -0.4 is 5.32 Å². The molecule has 0 atom stereocenters. The van der Waals surface area contributed by atoms with Crippen LogP contribution in [0.15, 0.2) is 42.6 Å². The first kappa shape index (κ1) is 17.9. The Labute approximate surface area is 163 Å². The van der Waals surface area contributed by atoms with Crippen molar-refractivity contribution < 1.29 is 4.79 Å². The zero-order valence-electron chi connectivity index (χ0n) is 16.4. The lowest BCUT2D eigenvalue weighted by molar-refractivity contribution is 0.0952. The highest BCUT2D eigenvalue weighted by atomic mass is 16.1. The first-order valence-electron chi connectivity index (χ1n) is 9.16. The molecule has 1 N–H and O–H groups in total. The minimum Gasteiger partial charge on any atom is -0.348 e. The van der Waals surface area contributed by atoms with E-state index in [9.17, 15) is 4.79 Å². The summed E-state index contributed by atoms with van der Waals surface area (Å²) >= 11 is 0. The van der Waals surface area contributed by atoms with Crippen molar-refractivity contribution in [3.05, 3.63) is 76.5 Å². The summed E-state index contributed by atoms with van der Waals surface area (Å²) < 4.78 is 3.59. The van der Waals surface area contributed by atoms with Crippen LogP contribution in [0.25, 0.3) is 11.3 Å². The number of nitrogens with one attached hydrogen (secondary N) is 1. The van der Waals surface area contributed by atoms with Gasteiger partial charge >= 0.3 is 0 Å². The van der Waals surface area contributed by atoms with E-state index >= 15 is 0 Å². The van der Waals surface area contributed by atoms with Crippen LogP contribution in [0.1, 0.15) is 38.7 Å². The smallest absolute Gasteiger partial charge is 0.257 e. The zero-order chi connectivity index (χ0) is 19.8. The summed E-state index contributed by atoms with van der Waals surface area (Å²) in [7, 11) is 0. The van der Waals surface area contributed by atoms with Crippen LogP contribution >= 0.6 is 0 Å². The number of fused-ring (bicyclic) bond motifs is 1. The molecule has 1 amide bonds. The minimum absolute atomic E-state index is 0.196. The van der Waals surface area contributed by atoms with Crippen LogP contribution in [-0.4, -0.2) is 30.3 Å². The van der Waals surface area contributed by atoms with Crippen molar-refractivity contribution in [2.75, 3.05) is 0 Å². The third-order valence-corrected chi connectivity index (χ3v) is 4.89. The van der Waals surface area contributed by atoms with Gasteiger partial charge < -0.3 is 5.32 Å². The molecule has 142 valence electrons. The number of aromatic nitrogens is 5. The molecule has 1 aromatic carbocycles. The molecule has 0 aliphatic heterocycles. The number of aryl methyl sites for hydroxylation is 3. The molecule has 3 aromatic heterocycles. The number of amides is 1. The van der Waals surface area contributed by atoms with Gasteiger partial charge in [-0.25, -0.2) is 14.2 Å². The Morgan fingerprint density at radius 3 is 2.61 bits per heavy atom. The molecule has 0 bridgehead atoms. The molecule has 0 aliphatic carbocycles. The number of hydrogen-bond acceptors (Lipinski definition) is 4. The normalized spacial score (nSPS) is 11.1. The van der Waals surface area contributed by atoms with E-state index in [-0.39, 0.29) is 5.91 Å². The lowest BCUT2D eigenvalue weighted by Crippen LogP contribution is -2.23. The zero-order valence-corrected chi connectivity index (χ0v) is 16.4. The average molecular weight is 374 g/mol. The second-order valence-electron chi connectivity index (χ2n) is 6.91. The van der Waals surface area contributed by atoms with E-state index in [4.69, 9.17) is 0 Å². The molecule has 0 saturated heterocycles. The highest BCUT2D eigenvalue weighted by Crippen LogP contribution is 2.18. The molecule has 0 fully saturated rings. The standard InChI is InChI=1S/C21H22N6O/c1-13-10-14(2)26-20(24-13)19(12-23-26)21(28)22-11-18-15(3)25-27(16(18)4)17-8-6-5-7-9-17/h5-10,12H,11H2,1-4H3,(H,22,28). The van der Waals surface area contributed by atoms with Crippen LogP contribution in [0.4, 0.5) is 0 Å². The van der Waals surface area contributed by atoms with E-state index in [0.717, 1.165) is 34.0 Å². The van der Waals surface area contributed by atoms with E-state index in [1.54, 1.807) is 10.7 Å². The van der Waals surface area contributed by atoms with Crippen molar-refractivity contribution in [3.63, 3.8) is 0 Å². The molecule has 7 nitrogen and oxygen atoms in total. The van der Waals surface area contributed by atoms with Gasteiger partial charge in [-0.1, -0.05) is 18.2 Å². The average Bonchev–Trinajstić information content (AvgIpc) is 3.22. The summed E-state index contributed by atoms with van der Waals surface area (Å²) in [5.41, 5.74) is 6.75. The van der Waals surface area contributed by atoms with Gasteiger partial charge in [0.15, 0.2) is 5.65 Å². The molecule has 0 spiro atoms. The minimum atomic E-state index is -0.196. The molecule has 3 heterocycles. The Hall–Kier alpha value is -3.48. The van der Waals surface area contributed by atoms with E-state index in [1.807, 2.05) is 68.8 Å². The molecule has 0 unspecified atom stereocenters. The summed E-state index contributed by atoms with van der Waals surface area (Å²) in [4.78, 5) is 17.3. The first-order valence-corrected chi connectivity index (χ1v) is 9.16. The fourth-order valence-electron chi connectivity index (χ4n) is 3.45. The fraction of sp³-hybridized carbons (Fsp3) is 0.238. The summed E-state index contributed by atoms with van der Waals surface area (Å²) in [6.45, 7) is 8.22. The van der Waals surface area contributed by atoms with E-state index in [0.29, 0.717) is 17.8 Å². The van der Waals surface area contributed by atoms with Gasteiger partial charge in [0.05, 0.1) is 17.6 Å². The lowest BCUT2D eigenvalue weighted by atomic mass is 10.2. The Bertz CT molecular complexity index is 1170. The van der Waals surface area contributed by atoms with Gasteiger partial charge in [-0.3, -0.25) is 4.79 Å². The molecule has 0 radical (unpaired) electrons. The van der Waals surface area contributed by atoms with Gasteiger partial charge in [0.1, 0.15) is 5.56 Å². The molecule has 28 heavy (non-hydrogen) atoms. The highest BCUT2D eigenvalue weighted by Gasteiger charge is 2.18. The third-order valence-electron chi connectivity index (χ3n) is 4.89. The monoisotopic (exact) mass is 374 g/mol. The van der Waals surface area contributed by atoms with Crippen LogP contribution in [0.5, 0.6) is 0 Å². The fourth-order valence-corrected chi connectivity index (χ4v) is 3.45. The molecule has 4 rings (SSSR count). The quantitative estimate of drug-likeness (QED) is 0.595. The maximum atomic E-state index is 12.8. The van der Waals surface area contributed by atoms with E-state index in [2.05, 4.69) is 20.5 Å². The number of benzene rings is 1. The largest absolute Gasteiger partial charge is 0.348 e. The van der Waals surface area contributed by atoms with Crippen LogP contribution in [-0.2, 0) is 6.54 Å². The third kappa shape index (κ3) is 3.05. The Morgan fingerprint density at radius 1 is 1.11 bits per heavy atom. The summed E-state index contributed by atoms with van der Waals surface area (Å²) in [6, 6.07) is 11.9. The summed E-state index contributed by atoms with van der Waals surface area (Å²) in [6.07, 6.45) is 1.57. The molecular weight excluding hydrogens is 352 g/mol. The van der Waals surface area contributed by atoms with E-state index in [1.165, 1.54) is 0 Å². The van der Waals surface area contributed by atoms with Crippen LogP contribution in [0, 0.1) is 27.7 Å². The molecule has 0 saturated carbocycles. The van der Waals surface area contributed by atoms with Gasteiger partial charge in [0, 0.05) is 29.2 Å². The Balaban J connectivity index is 1.59. The number of para-hydroxylation sites is 1. The SMILES string of the molecule is Cc1cc(C)n2ncc(C(=O)NCc3c(C)nn(-c4ccccc4)c3C)c2n1. The number of carbonyl (C=O) groups excluding carboxylic acids is 1. The van der Waals surface area contributed by atoms with Crippen LogP contribution in [0.3, 0.4) is 0 Å². The predicted molar refractivity (Wildman–Crippen MR) is 107 cm³/mol. The van der Waals surface area contributed by atoms with Crippen molar-refractivity contribution in [1.82, 2.24) is 29.7 Å². The maximum Gasteiger partial charge on any atom is 0.257 e. The van der Waals surface area contributed by atoms with Gasteiger partial charge in [-0.05, 0) is 45.9 Å². The summed E-state index contributed by atoms with van der Waals surface area (Å²) in [5, 5.41) is 11.9. The van der Waals surface area contributed by atoms with Crippen molar-refractivity contribution in [2.24, 2.45) is 0 Å². The number of nitrogens with zero attached hydrogens (tertiary/aromatic N) is 5. The molecule has 0 aliphatic rings. The number of carbonyl (C=O) groups is 1. The van der Waals surface area contributed by atoms with Crippen molar-refractivity contribution >= 4 is 11.6 Å². The number of rotatable bonds is 4. The topological polar surface area (TPSA) is 77.1 Å². The van der Waals surface area contributed by atoms with Gasteiger partial charge in [-0.15, -0.1) is 0 Å². The van der Waals surface area contributed by atoms with Crippen molar-refractivity contribution in [1.29, 1.82) is 0 Å². The Morgan fingerprint density at radius 2 is 1.86 bits per heavy atom. The lowest BCUT2D eigenvalue weighted by Gasteiger charge is -2.07. The van der Waals surface area contributed by atoms with Crippen LogP contribution in [0.2, 0.25) is 0 Å². The predicted octanol–water partition coefficient (Wildman–Crippen LogP) is 3.08.